The van der Waals surface area contributed by atoms with Crippen molar-refractivity contribution in [3.63, 3.8) is 0 Å². The summed E-state index contributed by atoms with van der Waals surface area (Å²) in [5.74, 6) is 3.35. The zero-order valence-electron chi connectivity index (χ0n) is 16.7. The van der Waals surface area contributed by atoms with Crippen LogP contribution in [0.1, 0.15) is 56.3 Å². The average Bonchev–Trinajstić information content (AvgIpc) is 2.99. The van der Waals surface area contributed by atoms with Crippen LogP contribution in [0.15, 0.2) is 41.3 Å². The number of phenolic OH excluding ortho intramolecular Hbond substituents is 2. The minimum atomic E-state index is -2.64. The molecule has 28 heavy (non-hydrogen) atoms. The van der Waals surface area contributed by atoms with Crippen molar-refractivity contribution in [3.8, 4) is 17.2 Å². The van der Waals surface area contributed by atoms with Gasteiger partial charge >= 0.3 is 0 Å². The molecule has 2 unspecified atom stereocenters. The van der Waals surface area contributed by atoms with Crippen LogP contribution in [0.25, 0.3) is 0 Å². The van der Waals surface area contributed by atoms with Gasteiger partial charge in [0.1, 0.15) is 6.10 Å². The summed E-state index contributed by atoms with van der Waals surface area (Å²) in [6.45, 7) is 2.21. The van der Waals surface area contributed by atoms with Gasteiger partial charge in [0, 0.05) is 12.2 Å². The monoisotopic (exact) mass is 402 g/mol. The molecule has 0 aromatic heterocycles. The third-order valence-electron chi connectivity index (χ3n) is 5.50. The second-order valence-electron chi connectivity index (χ2n) is 7.81. The van der Waals surface area contributed by atoms with E-state index in [9.17, 15) is 14.4 Å². The molecule has 0 fully saturated rings. The standard InChI is InChI=1S/C23H30O4S/c1-4-5-6-7-11-17-15-16-10-8-9-12-18(16)23(17)27-19-13-14-20(28(2,3)26)22(25)21(19)24/h8-10,12-14,17,23-25H,2,4-7,11,15H2,1,3H3/t17-,23?,28?/m1/s1. The zero-order valence-corrected chi connectivity index (χ0v) is 17.5. The number of hydrogen-bond donors (Lipinski definition) is 2. The SMILES string of the molecule is C=S(C)(=O)c1ccc(OC2c3ccccc3C[C@H]2CCCCCC)c(O)c1O. The van der Waals surface area contributed by atoms with E-state index in [1.807, 2.05) is 12.1 Å². The molecule has 0 aliphatic heterocycles. The molecule has 1 aliphatic rings. The van der Waals surface area contributed by atoms with Crippen molar-refractivity contribution in [1.82, 2.24) is 0 Å². The van der Waals surface area contributed by atoms with Gasteiger partial charge in [-0.3, -0.25) is 4.21 Å². The Morgan fingerprint density at radius 2 is 1.86 bits per heavy atom. The van der Waals surface area contributed by atoms with Gasteiger partial charge in [-0.05, 0) is 51.5 Å². The van der Waals surface area contributed by atoms with Crippen molar-refractivity contribution in [1.29, 1.82) is 0 Å². The van der Waals surface area contributed by atoms with Gasteiger partial charge < -0.3 is 14.9 Å². The van der Waals surface area contributed by atoms with E-state index in [1.165, 1.54) is 37.1 Å². The number of ether oxygens (including phenoxy) is 1. The minimum Gasteiger partial charge on any atom is -0.503 e. The smallest absolute Gasteiger partial charge is 0.201 e. The summed E-state index contributed by atoms with van der Waals surface area (Å²) in [5, 5.41) is 20.8. The molecule has 0 heterocycles. The van der Waals surface area contributed by atoms with Crippen LogP contribution in [0, 0.1) is 5.92 Å². The fraction of sp³-hybridized carbons (Fsp3) is 0.435. The molecule has 0 saturated carbocycles. The first-order valence-electron chi connectivity index (χ1n) is 9.94. The first-order chi connectivity index (χ1) is 13.3. The van der Waals surface area contributed by atoms with Crippen LogP contribution < -0.4 is 4.74 Å². The van der Waals surface area contributed by atoms with Crippen molar-refractivity contribution in [2.24, 2.45) is 5.92 Å². The molecule has 1 aliphatic carbocycles. The predicted molar refractivity (Wildman–Crippen MR) is 115 cm³/mol. The highest BCUT2D eigenvalue weighted by atomic mass is 32.2. The van der Waals surface area contributed by atoms with E-state index in [0.717, 1.165) is 24.8 Å². The van der Waals surface area contributed by atoms with Crippen LogP contribution in [0.4, 0.5) is 0 Å². The normalized spacial score (nSPS) is 20.5. The summed E-state index contributed by atoms with van der Waals surface area (Å²) in [6.07, 6.45) is 8.10. The Morgan fingerprint density at radius 3 is 2.57 bits per heavy atom. The van der Waals surface area contributed by atoms with Crippen LogP contribution in [0.2, 0.25) is 0 Å². The van der Waals surface area contributed by atoms with Crippen LogP contribution in [-0.4, -0.2) is 26.5 Å². The molecule has 0 spiro atoms. The van der Waals surface area contributed by atoms with Gasteiger partial charge in [-0.1, -0.05) is 56.9 Å². The number of fused-ring (bicyclic) bond motifs is 1. The molecule has 0 amide bonds. The highest BCUT2D eigenvalue weighted by Crippen LogP contribution is 2.46. The molecule has 2 N–H and O–H groups in total. The second-order valence-corrected chi connectivity index (χ2v) is 10.3. The van der Waals surface area contributed by atoms with Crippen molar-refractivity contribution in [3.05, 3.63) is 47.5 Å². The third-order valence-corrected chi connectivity index (χ3v) is 6.76. The topological polar surface area (TPSA) is 66.8 Å². The van der Waals surface area contributed by atoms with E-state index >= 15 is 0 Å². The Bertz CT molecular complexity index is 934. The minimum absolute atomic E-state index is 0.139. The van der Waals surface area contributed by atoms with Crippen molar-refractivity contribution < 1.29 is 19.2 Å². The summed E-state index contributed by atoms with van der Waals surface area (Å²) in [6, 6.07) is 11.4. The highest BCUT2D eigenvalue weighted by molar-refractivity contribution is 7.99. The Labute approximate surface area is 168 Å². The Hall–Kier alpha value is -2.14. The van der Waals surface area contributed by atoms with Crippen LogP contribution in [0.3, 0.4) is 0 Å². The molecule has 3 rings (SSSR count). The Kier molecular flexibility index (Phi) is 6.23. The molecular weight excluding hydrogens is 372 g/mol. The number of rotatable bonds is 8. The number of hydrogen-bond acceptors (Lipinski definition) is 4. The van der Waals surface area contributed by atoms with Crippen molar-refractivity contribution in [2.75, 3.05) is 6.26 Å². The predicted octanol–water partition coefficient (Wildman–Crippen LogP) is 5.07. The fourth-order valence-corrected chi connectivity index (χ4v) is 4.87. The Balaban J connectivity index is 1.86. The van der Waals surface area contributed by atoms with Crippen molar-refractivity contribution >= 4 is 15.4 Å². The molecule has 0 bridgehead atoms. The molecular formula is C23H30O4S. The van der Waals surface area contributed by atoms with E-state index in [0.29, 0.717) is 5.92 Å². The van der Waals surface area contributed by atoms with Crippen LogP contribution >= 0.6 is 0 Å². The van der Waals surface area contributed by atoms with Crippen molar-refractivity contribution in [2.45, 2.75) is 56.4 Å². The van der Waals surface area contributed by atoms with E-state index < -0.39 is 15.3 Å². The van der Waals surface area contributed by atoms with E-state index in [2.05, 4.69) is 24.9 Å². The van der Waals surface area contributed by atoms with E-state index in [-0.39, 0.29) is 22.5 Å². The molecule has 3 atom stereocenters. The van der Waals surface area contributed by atoms with Gasteiger partial charge in [0.25, 0.3) is 0 Å². The number of unbranched alkanes of at least 4 members (excludes halogenated alkanes) is 3. The average molecular weight is 403 g/mol. The van der Waals surface area contributed by atoms with Crippen LogP contribution in [-0.2, 0) is 15.9 Å². The lowest BCUT2D eigenvalue weighted by Gasteiger charge is -2.23. The largest absolute Gasteiger partial charge is 0.503 e. The van der Waals surface area contributed by atoms with Gasteiger partial charge in [0.2, 0.25) is 5.75 Å². The number of aromatic hydroxyl groups is 2. The lowest BCUT2D eigenvalue weighted by atomic mass is 9.95. The van der Waals surface area contributed by atoms with Crippen LogP contribution in [0.5, 0.6) is 17.2 Å². The summed E-state index contributed by atoms with van der Waals surface area (Å²) in [5.41, 5.74) is 2.42. The molecule has 0 saturated heterocycles. The fourth-order valence-electron chi connectivity index (χ4n) is 4.01. The summed E-state index contributed by atoms with van der Waals surface area (Å²) < 4.78 is 18.4. The number of benzene rings is 2. The zero-order chi connectivity index (χ0) is 20.3. The Morgan fingerprint density at radius 1 is 1.11 bits per heavy atom. The second kappa shape index (κ2) is 8.48. The molecule has 152 valence electrons. The molecule has 5 heteroatoms. The molecule has 4 nitrogen and oxygen atoms in total. The van der Waals surface area contributed by atoms with Gasteiger partial charge in [-0.15, -0.1) is 0 Å². The number of phenols is 2. The van der Waals surface area contributed by atoms with Gasteiger partial charge in [0.15, 0.2) is 11.5 Å². The third kappa shape index (κ3) is 4.30. The first kappa shape index (κ1) is 20.6. The lowest BCUT2D eigenvalue weighted by Crippen LogP contribution is -2.15. The van der Waals surface area contributed by atoms with Gasteiger partial charge in [0.05, 0.1) is 4.90 Å². The molecule has 2 aromatic carbocycles. The van der Waals surface area contributed by atoms with Gasteiger partial charge in [-0.2, -0.15) is 0 Å². The molecule has 0 radical (unpaired) electrons. The van der Waals surface area contributed by atoms with Gasteiger partial charge in [-0.25, -0.2) is 0 Å². The maximum atomic E-state index is 12.2. The lowest BCUT2D eigenvalue weighted by molar-refractivity contribution is 0.136. The highest BCUT2D eigenvalue weighted by Gasteiger charge is 2.34. The maximum absolute atomic E-state index is 12.2. The quantitative estimate of drug-likeness (QED) is 0.368. The summed E-state index contributed by atoms with van der Waals surface area (Å²) >= 11 is 0. The van der Waals surface area contributed by atoms with E-state index in [1.54, 1.807) is 6.07 Å². The summed E-state index contributed by atoms with van der Waals surface area (Å²) in [7, 11) is -2.64. The first-order valence-corrected chi connectivity index (χ1v) is 12.1. The van der Waals surface area contributed by atoms with E-state index in [4.69, 9.17) is 4.74 Å². The maximum Gasteiger partial charge on any atom is 0.201 e. The molecule has 2 aromatic rings. The summed E-state index contributed by atoms with van der Waals surface area (Å²) in [4.78, 5) is 0.139.